The van der Waals surface area contributed by atoms with Crippen molar-refractivity contribution in [3.63, 3.8) is 0 Å². The molecule has 0 bridgehead atoms. The Morgan fingerprint density at radius 3 is 2.78 bits per heavy atom. The van der Waals surface area contributed by atoms with E-state index in [1.807, 2.05) is 36.4 Å². The van der Waals surface area contributed by atoms with Gasteiger partial charge in [-0.25, -0.2) is 5.10 Å². The van der Waals surface area contributed by atoms with Gasteiger partial charge >= 0.3 is 5.97 Å². The van der Waals surface area contributed by atoms with Gasteiger partial charge in [0.15, 0.2) is 0 Å². The zero-order valence-corrected chi connectivity index (χ0v) is 15.3. The summed E-state index contributed by atoms with van der Waals surface area (Å²) in [6, 6.07) is 14.8. The van der Waals surface area contributed by atoms with Crippen molar-refractivity contribution < 1.29 is 9.53 Å². The van der Waals surface area contributed by atoms with E-state index in [9.17, 15) is 9.59 Å². The van der Waals surface area contributed by atoms with Crippen LogP contribution in [0, 0.1) is 0 Å². The molecule has 136 valence electrons. The van der Waals surface area contributed by atoms with Crippen LogP contribution in [0.3, 0.4) is 0 Å². The van der Waals surface area contributed by atoms with Crippen LogP contribution < -0.4 is 5.56 Å². The smallest absolute Gasteiger partial charge is 0.312 e. The fraction of sp³-hybridized carbons (Fsp3) is 0.150. The number of esters is 1. The van der Waals surface area contributed by atoms with Crippen molar-refractivity contribution in [3.8, 4) is 0 Å². The lowest BCUT2D eigenvalue weighted by Crippen LogP contribution is -2.16. The van der Waals surface area contributed by atoms with Crippen LogP contribution in [0.1, 0.15) is 11.3 Å². The molecule has 2 aromatic carbocycles. The summed E-state index contributed by atoms with van der Waals surface area (Å²) in [4.78, 5) is 24.6. The molecule has 2 heterocycles. The summed E-state index contributed by atoms with van der Waals surface area (Å²) < 4.78 is 7.11. The fourth-order valence-corrected chi connectivity index (χ4v) is 3.41. The minimum absolute atomic E-state index is 0.0398. The average molecular weight is 382 g/mol. The number of H-pyrrole nitrogens is 1. The Labute approximate surface area is 159 Å². The zero-order chi connectivity index (χ0) is 19.0. The zero-order valence-electron chi connectivity index (χ0n) is 14.5. The van der Waals surface area contributed by atoms with Crippen LogP contribution in [0.15, 0.2) is 53.3 Å². The maximum atomic E-state index is 12.3. The number of benzene rings is 2. The van der Waals surface area contributed by atoms with Gasteiger partial charge in [0.05, 0.1) is 17.6 Å². The summed E-state index contributed by atoms with van der Waals surface area (Å²) >= 11 is 6.09. The Kier molecular flexibility index (Phi) is 4.41. The van der Waals surface area contributed by atoms with E-state index < -0.39 is 5.97 Å². The first kappa shape index (κ1) is 17.3. The summed E-state index contributed by atoms with van der Waals surface area (Å²) in [6.07, 6.45) is -0.0398. The number of nitrogens with one attached hydrogen (secondary N) is 1. The van der Waals surface area contributed by atoms with Gasteiger partial charge in [0.1, 0.15) is 12.1 Å². The number of carbonyl (C=O) groups is 1. The number of carbonyl (C=O) groups excluding carboxylic acids is 1. The molecule has 0 atom stereocenters. The lowest BCUT2D eigenvalue weighted by atomic mass is 10.1. The van der Waals surface area contributed by atoms with Gasteiger partial charge < -0.3 is 9.30 Å². The van der Waals surface area contributed by atoms with E-state index in [0.717, 1.165) is 16.5 Å². The normalized spacial score (nSPS) is 11.2. The van der Waals surface area contributed by atoms with Gasteiger partial charge in [0.25, 0.3) is 5.56 Å². The molecule has 0 spiro atoms. The summed E-state index contributed by atoms with van der Waals surface area (Å²) in [6.45, 7) is 0.192. The first-order valence-electron chi connectivity index (χ1n) is 8.39. The van der Waals surface area contributed by atoms with Crippen molar-refractivity contribution in [1.29, 1.82) is 0 Å². The third-order valence-electron chi connectivity index (χ3n) is 4.51. The molecule has 4 aromatic rings. The number of nitrogens with zero attached hydrogens (tertiary/aromatic N) is 2. The summed E-state index contributed by atoms with van der Waals surface area (Å²) in [5.41, 5.74) is 2.31. The number of hydrogen-bond acceptors (Lipinski definition) is 4. The second-order valence-electron chi connectivity index (χ2n) is 6.27. The highest BCUT2D eigenvalue weighted by atomic mass is 35.5. The lowest BCUT2D eigenvalue weighted by Gasteiger charge is -2.06. The molecular weight excluding hydrogens is 366 g/mol. The molecule has 7 heteroatoms. The topological polar surface area (TPSA) is 77.0 Å². The molecule has 0 amide bonds. The Balaban J connectivity index is 1.71. The highest BCUT2D eigenvalue weighted by Gasteiger charge is 2.19. The number of fused-ring (bicyclic) bond motifs is 3. The molecule has 0 aliphatic rings. The van der Waals surface area contributed by atoms with Crippen LogP contribution in [-0.4, -0.2) is 20.7 Å². The second kappa shape index (κ2) is 6.89. The molecule has 2 aromatic heterocycles. The Morgan fingerprint density at radius 1 is 1.22 bits per heavy atom. The first-order valence-corrected chi connectivity index (χ1v) is 8.77. The van der Waals surface area contributed by atoms with Crippen LogP contribution in [0.5, 0.6) is 0 Å². The first-order chi connectivity index (χ1) is 13.0. The largest absolute Gasteiger partial charge is 0.461 e. The molecule has 0 aliphatic heterocycles. The van der Waals surface area contributed by atoms with Crippen LogP contribution in [-0.2, 0) is 29.6 Å². The minimum atomic E-state index is -0.411. The Bertz CT molecular complexity index is 1210. The van der Waals surface area contributed by atoms with Crippen molar-refractivity contribution in [2.75, 3.05) is 0 Å². The number of ether oxygens (including phenoxy) is 1. The van der Waals surface area contributed by atoms with Gasteiger partial charge in [-0.3, -0.25) is 9.59 Å². The van der Waals surface area contributed by atoms with Crippen molar-refractivity contribution in [1.82, 2.24) is 14.8 Å². The fourth-order valence-electron chi connectivity index (χ4n) is 3.25. The van der Waals surface area contributed by atoms with Crippen molar-refractivity contribution in [3.05, 3.63) is 75.2 Å². The van der Waals surface area contributed by atoms with Crippen molar-refractivity contribution >= 4 is 39.4 Å². The number of hydrogen-bond donors (Lipinski definition) is 1. The molecule has 0 aliphatic carbocycles. The summed E-state index contributed by atoms with van der Waals surface area (Å²) in [5.74, 6) is -0.411. The molecule has 0 fully saturated rings. The molecule has 0 saturated carbocycles. The third-order valence-corrected chi connectivity index (χ3v) is 4.75. The summed E-state index contributed by atoms with van der Waals surface area (Å²) in [7, 11) is 1.79. The lowest BCUT2D eigenvalue weighted by molar-refractivity contribution is -0.144. The maximum Gasteiger partial charge on any atom is 0.312 e. The summed E-state index contributed by atoms with van der Waals surface area (Å²) in [5, 5.41) is 8.61. The van der Waals surface area contributed by atoms with Gasteiger partial charge in [-0.1, -0.05) is 48.0 Å². The van der Waals surface area contributed by atoms with Crippen LogP contribution in [0.2, 0.25) is 5.02 Å². The van der Waals surface area contributed by atoms with E-state index in [2.05, 4.69) is 10.2 Å². The maximum absolute atomic E-state index is 12.3. The van der Waals surface area contributed by atoms with E-state index >= 15 is 0 Å². The standard InChI is InChI=1S/C20H16ClN3O3/c1-24-16-9-13(21)7-8-14(16)18-15(22-23-20(26)19(18)24)10-17(25)27-11-12-5-3-2-4-6-12/h2-9H,10-11H2,1H3,(H,23,26). The quantitative estimate of drug-likeness (QED) is 0.550. The monoisotopic (exact) mass is 381 g/mol. The second-order valence-corrected chi connectivity index (χ2v) is 6.70. The molecular formula is C20H16ClN3O3. The number of aryl methyl sites for hydroxylation is 1. The minimum Gasteiger partial charge on any atom is -0.461 e. The molecule has 27 heavy (non-hydrogen) atoms. The Hall–Kier alpha value is -3.12. The number of aromatic nitrogens is 3. The van der Waals surface area contributed by atoms with Crippen molar-refractivity contribution in [2.24, 2.45) is 7.05 Å². The highest BCUT2D eigenvalue weighted by Crippen LogP contribution is 2.30. The molecule has 0 unspecified atom stereocenters. The van der Waals surface area contributed by atoms with Gasteiger partial charge in [-0.2, -0.15) is 5.10 Å². The molecule has 0 saturated heterocycles. The van der Waals surface area contributed by atoms with Crippen LogP contribution >= 0.6 is 11.6 Å². The Morgan fingerprint density at radius 2 is 2.00 bits per heavy atom. The number of halogens is 1. The molecule has 4 rings (SSSR count). The molecule has 0 radical (unpaired) electrons. The molecule has 1 N–H and O–H groups in total. The predicted octanol–water partition coefficient (Wildman–Crippen LogP) is 3.35. The SMILES string of the molecule is Cn1c2cc(Cl)ccc2c2c(CC(=O)OCc3ccccc3)n[nH]c(=O)c21. The van der Waals surface area contributed by atoms with E-state index in [-0.39, 0.29) is 18.6 Å². The van der Waals surface area contributed by atoms with Crippen LogP contribution in [0.4, 0.5) is 0 Å². The highest BCUT2D eigenvalue weighted by molar-refractivity contribution is 6.31. The van der Waals surface area contributed by atoms with E-state index in [1.54, 1.807) is 23.7 Å². The van der Waals surface area contributed by atoms with E-state index in [0.29, 0.717) is 21.6 Å². The number of rotatable bonds is 4. The van der Waals surface area contributed by atoms with Gasteiger partial charge in [0, 0.05) is 22.8 Å². The molecule has 6 nitrogen and oxygen atoms in total. The van der Waals surface area contributed by atoms with Gasteiger partial charge in [-0.15, -0.1) is 0 Å². The van der Waals surface area contributed by atoms with Gasteiger partial charge in [-0.05, 0) is 17.7 Å². The van der Waals surface area contributed by atoms with Crippen molar-refractivity contribution in [2.45, 2.75) is 13.0 Å². The van der Waals surface area contributed by atoms with E-state index in [1.165, 1.54) is 0 Å². The number of aromatic amines is 1. The van der Waals surface area contributed by atoms with Gasteiger partial charge in [0.2, 0.25) is 0 Å². The average Bonchev–Trinajstić information content (AvgIpc) is 2.96. The van der Waals surface area contributed by atoms with E-state index in [4.69, 9.17) is 16.3 Å². The van der Waals surface area contributed by atoms with Crippen LogP contribution in [0.25, 0.3) is 21.8 Å². The predicted molar refractivity (Wildman–Crippen MR) is 104 cm³/mol. The third kappa shape index (κ3) is 3.19.